The third kappa shape index (κ3) is 7.06. The maximum absolute atomic E-state index is 13.0. The zero-order valence-corrected chi connectivity index (χ0v) is 22.6. The van der Waals surface area contributed by atoms with Crippen molar-refractivity contribution in [3.63, 3.8) is 0 Å². The zero-order valence-electron chi connectivity index (χ0n) is 21.0. The van der Waals surface area contributed by atoms with E-state index in [1.165, 1.54) is 30.6 Å². The molecule has 1 heterocycles. The van der Waals surface area contributed by atoms with Crippen molar-refractivity contribution >= 4 is 46.3 Å². The Morgan fingerprint density at radius 2 is 1.92 bits per heavy atom. The average molecular weight is 545 g/mol. The first-order chi connectivity index (χ1) is 17.6. The van der Waals surface area contributed by atoms with Crippen LogP contribution >= 0.6 is 22.9 Å². The largest absolute Gasteiger partial charge is 0.496 e. The normalized spacial score (nSPS) is 12.4. The van der Waals surface area contributed by atoms with Crippen LogP contribution in [-0.2, 0) is 16.3 Å². The summed E-state index contributed by atoms with van der Waals surface area (Å²) < 4.78 is 12.3. The molecule has 0 spiro atoms. The molecule has 0 aliphatic carbocycles. The van der Waals surface area contributed by atoms with Crippen LogP contribution in [0.25, 0.3) is 0 Å². The molecule has 0 fully saturated rings. The van der Waals surface area contributed by atoms with E-state index in [0.717, 1.165) is 5.56 Å². The van der Waals surface area contributed by atoms with Gasteiger partial charge in [-0.15, -0.1) is 11.3 Å². The number of hydrogen-bond donors (Lipinski definition) is 2. The molecule has 0 aliphatic rings. The third-order valence-electron chi connectivity index (χ3n) is 5.58. The predicted octanol–water partition coefficient (Wildman–Crippen LogP) is 4.04. The Kier molecular flexibility index (Phi) is 9.62. The van der Waals surface area contributed by atoms with Crippen LogP contribution in [0, 0.1) is 12.8 Å². The number of esters is 1. The van der Waals surface area contributed by atoms with Crippen LogP contribution in [0.5, 0.6) is 5.75 Å². The molecule has 1 aromatic heterocycles. The SMILES string of the molecule is COc1cc(NC(=O)c2ccccc2C)c(Cl)cc1C(=O)C/N=c1\sccn1COC(=O)C(N)C(C)C. The Morgan fingerprint density at radius 1 is 1.19 bits per heavy atom. The van der Waals surface area contributed by atoms with E-state index in [-0.39, 0.29) is 47.2 Å². The molecule has 3 aromatic rings. The minimum atomic E-state index is -0.720. The van der Waals surface area contributed by atoms with E-state index >= 15 is 0 Å². The standard InChI is InChI=1S/C26H29ClN4O5S/c1-15(2)23(28)25(34)36-14-31-9-10-37-26(31)29-13-21(32)18-11-19(27)20(12-22(18)35-4)30-24(33)17-8-6-5-7-16(17)3/h5-12,15,23H,13-14,28H2,1-4H3,(H,30,33)/b29-26-. The monoisotopic (exact) mass is 544 g/mol. The summed E-state index contributed by atoms with van der Waals surface area (Å²) >= 11 is 7.69. The van der Waals surface area contributed by atoms with Gasteiger partial charge in [0.2, 0.25) is 0 Å². The number of thiazole rings is 1. The van der Waals surface area contributed by atoms with Crippen LogP contribution < -0.4 is 20.6 Å². The van der Waals surface area contributed by atoms with Crippen molar-refractivity contribution in [1.29, 1.82) is 0 Å². The lowest BCUT2D eigenvalue weighted by atomic mass is 10.1. The van der Waals surface area contributed by atoms with Crippen LogP contribution in [-0.4, -0.2) is 41.9 Å². The molecule has 0 bridgehead atoms. The first-order valence-electron chi connectivity index (χ1n) is 11.5. The lowest BCUT2D eigenvalue weighted by Crippen LogP contribution is -2.37. The van der Waals surface area contributed by atoms with Crippen LogP contribution in [0.15, 0.2) is 53.0 Å². The van der Waals surface area contributed by atoms with Crippen molar-refractivity contribution < 1.29 is 23.9 Å². The molecule has 3 rings (SSSR count). The van der Waals surface area contributed by atoms with Gasteiger partial charge >= 0.3 is 5.97 Å². The van der Waals surface area contributed by atoms with Crippen molar-refractivity contribution in [1.82, 2.24) is 4.57 Å². The molecular formula is C26H29ClN4O5S. The number of carbonyl (C=O) groups excluding carboxylic acids is 3. The first kappa shape index (κ1) is 28.1. The number of nitrogens with zero attached hydrogens (tertiary/aromatic N) is 2. The molecule has 196 valence electrons. The first-order valence-corrected chi connectivity index (χ1v) is 12.7. The number of benzene rings is 2. The Bertz CT molecular complexity index is 1360. The molecule has 1 unspecified atom stereocenters. The maximum Gasteiger partial charge on any atom is 0.324 e. The molecule has 0 radical (unpaired) electrons. The van der Waals surface area contributed by atoms with Gasteiger partial charge < -0.3 is 20.5 Å². The topological polar surface area (TPSA) is 125 Å². The van der Waals surface area contributed by atoms with Gasteiger partial charge in [0, 0.05) is 23.2 Å². The number of nitrogens with one attached hydrogen (secondary N) is 1. The van der Waals surface area contributed by atoms with Gasteiger partial charge in [0.1, 0.15) is 18.3 Å². The second kappa shape index (κ2) is 12.7. The van der Waals surface area contributed by atoms with E-state index in [0.29, 0.717) is 16.1 Å². The van der Waals surface area contributed by atoms with Crippen LogP contribution in [0.2, 0.25) is 5.02 Å². The summed E-state index contributed by atoms with van der Waals surface area (Å²) in [7, 11) is 1.42. The summed E-state index contributed by atoms with van der Waals surface area (Å²) in [5.74, 6) is -0.974. The molecule has 2 aromatic carbocycles. The summed E-state index contributed by atoms with van der Waals surface area (Å²) in [5.41, 5.74) is 7.69. The lowest BCUT2D eigenvalue weighted by molar-refractivity contribution is -0.150. The number of ketones is 1. The second-order valence-electron chi connectivity index (χ2n) is 8.56. The van der Waals surface area contributed by atoms with Crippen LogP contribution in [0.4, 0.5) is 5.69 Å². The van der Waals surface area contributed by atoms with Gasteiger partial charge in [-0.25, -0.2) is 0 Å². The number of hydrogen-bond acceptors (Lipinski definition) is 8. The molecule has 11 heteroatoms. The van der Waals surface area contributed by atoms with Gasteiger partial charge in [-0.05, 0) is 30.5 Å². The Hall–Kier alpha value is -3.47. The zero-order chi connectivity index (χ0) is 27.1. The van der Waals surface area contributed by atoms with Crippen molar-refractivity contribution in [2.24, 2.45) is 16.6 Å². The number of Topliss-reactive ketones (excluding diaryl/α,β-unsaturated/α-hetero) is 1. The van der Waals surface area contributed by atoms with Gasteiger partial charge in [0.05, 0.1) is 23.4 Å². The molecule has 1 amide bonds. The average Bonchev–Trinajstić information content (AvgIpc) is 3.33. The molecule has 9 nitrogen and oxygen atoms in total. The number of aromatic nitrogens is 1. The van der Waals surface area contributed by atoms with Gasteiger partial charge in [0.25, 0.3) is 5.91 Å². The van der Waals surface area contributed by atoms with Crippen molar-refractivity contribution in [3.05, 3.63) is 74.5 Å². The highest BCUT2D eigenvalue weighted by atomic mass is 35.5. The Labute approximate surface area is 223 Å². The van der Waals surface area contributed by atoms with Gasteiger partial charge in [-0.3, -0.25) is 23.9 Å². The van der Waals surface area contributed by atoms with Crippen molar-refractivity contribution in [3.8, 4) is 5.75 Å². The number of methoxy groups -OCH3 is 1. The van der Waals surface area contributed by atoms with E-state index in [2.05, 4.69) is 10.3 Å². The van der Waals surface area contributed by atoms with E-state index in [4.69, 9.17) is 26.8 Å². The fourth-order valence-corrected chi connectivity index (χ4v) is 4.23. The number of aryl methyl sites for hydroxylation is 1. The molecule has 1 atom stereocenters. The van der Waals surface area contributed by atoms with Crippen LogP contribution in [0.1, 0.15) is 40.1 Å². The quantitative estimate of drug-likeness (QED) is 0.293. The molecular weight excluding hydrogens is 516 g/mol. The maximum atomic E-state index is 13.0. The predicted molar refractivity (Wildman–Crippen MR) is 143 cm³/mol. The number of amides is 1. The van der Waals surface area contributed by atoms with E-state index in [1.807, 2.05) is 32.9 Å². The fourth-order valence-electron chi connectivity index (χ4n) is 3.30. The summed E-state index contributed by atoms with van der Waals surface area (Å²) in [6.45, 7) is 5.24. The molecule has 37 heavy (non-hydrogen) atoms. The van der Waals surface area contributed by atoms with Gasteiger partial charge in [-0.2, -0.15) is 0 Å². The fraction of sp³-hybridized carbons (Fsp3) is 0.308. The molecule has 0 aliphatic heterocycles. The Morgan fingerprint density at radius 3 is 2.59 bits per heavy atom. The van der Waals surface area contributed by atoms with Gasteiger partial charge in [0.15, 0.2) is 17.3 Å². The summed E-state index contributed by atoms with van der Waals surface area (Å²) in [4.78, 5) is 42.6. The third-order valence-corrected chi connectivity index (χ3v) is 6.73. The minimum absolute atomic E-state index is 0.0503. The van der Waals surface area contributed by atoms with E-state index < -0.39 is 12.0 Å². The molecule has 0 saturated carbocycles. The molecule has 3 N–H and O–H groups in total. The second-order valence-corrected chi connectivity index (χ2v) is 9.84. The highest BCUT2D eigenvalue weighted by Gasteiger charge is 2.20. The number of carbonyl (C=O) groups is 3. The van der Waals surface area contributed by atoms with Crippen molar-refractivity contribution in [2.75, 3.05) is 19.0 Å². The highest BCUT2D eigenvalue weighted by molar-refractivity contribution is 7.07. The van der Waals surface area contributed by atoms with Crippen molar-refractivity contribution in [2.45, 2.75) is 33.5 Å². The summed E-state index contributed by atoms with van der Waals surface area (Å²) in [5, 5.41) is 4.72. The van der Waals surface area contributed by atoms with Crippen LogP contribution in [0.3, 0.4) is 0 Å². The number of ether oxygens (including phenoxy) is 2. The smallest absolute Gasteiger partial charge is 0.324 e. The Balaban J connectivity index is 1.74. The number of anilines is 1. The van der Waals surface area contributed by atoms with Gasteiger partial charge in [-0.1, -0.05) is 43.6 Å². The summed E-state index contributed by atoms with van der Waals surface area (Å²) in [6.07, 6.45) is 1.70. The minimum Gasteiger partial charge on any atom is -0.496 e. The summed E-state index contributed by atoms with van der Waals surface area (Å²) in [6, 6.07) is 9.41. The molecule has 0 saturated heterocycles. The number of rotatable bonds is 10. The lowest BCUT2D eigenvalue weighted by Gasteiger charge is -2.14. The van der Waals surface area contributed by atoms with E-state index in [1.54, 1.807) is 28.3 Å². The van der Waals surface area contributed by atoms with E-state index in [9.17, 15) is 14.4 Å². The number of halogens is 1. The highest BCUT2D eigenvalue weighted by Crippen LogP contribution is 2.32. The number of nitrogens with two attached hydrogens (primary N) is 1.